The highest BCUT2D eigenvalue weighted by atomic mass is 35.5. The number of hydrogen-bond acceptors (Lipinski definition) is 5. The molecule has 6 heteroatoms. The van der Waals surface area contributed by atoms with Crippen LogP contribution in [0.4, 0.5) is 0 Å². The lowest BCUT2D eigenvalue weighted by Gasteiger charge is -2.43. The second-order valence-electron chi connectivity index (χ2n) is 8.36. The minimum Gasteiger partial charge on any atom is -0.456 e. The van der Waals surface area contributed by atoms with Crippen LogP contribution in [0.5, 0.6) is 11.5 Å². The molecule has 156 valence electrons. The summed E-state index contributed by atoms with van der Waals surface area (Å²) in [5.41, 5.74) is -0.217. The minimum atomic E-state index is -1.08. The number of ketones is 2. The van der Waals surface area contributed by atoms with Gasteiger partial charge in [0.05, 0.1) is 16.7 Å². The van der Waals surface area contributed by atoms with Gasteiger partial charge in [0, 0.05) is 0 Å². The van der Waals surface area contributed by atoms with Crippen LogP contribution in [0.1, 0.15) is 57.2 Å². The van der Waals surface area contributed by atoms with Crippen molar-refractivity contribution in [3.63, 3.8) is 0 Å². The van der Waals surface area contributed by atoms with Gasteiger partial charge in [-0.25, -0.2) is 0 Å². The summed E-state index contributed by atoms with van der Waals surface area (Å²) in [7, 11) is 0. The van der Waals surface area contributed by atoms with Crippen molar-refractivity contribution >= 4 is 23.2 Å². The van der Waals surface area contributed by atoms with Crippen molar-refractivity contribution in [2.45, 2.75) is 58.2 Å². The Labute approximate surface area is 181 Å². The number of hydrogen-bond donors (Lipinski definition) is 0. The molecule has 0 spiro atoms. The van der Waals surface area contributed by atoms with Gasteiger partial charge in [-0.3, -0.25) is 9.59 Å². The van der Waals surface area contributed by atoms with E-state index in [1.807, 2.05) is 19.1 Å². The van der Waals surface area contributed by atoms with Crippen LogP contribution in [0, 0.1) is 11.3 Å². The smallest absolute Gasteiger partial charge is 0.179 e. The second-order valence-corrected chi connectivity index (χ2v) is 8.76. The molecule has 1 aliphatic heterocycles. The maximum absolute atomic E-state index is 13.2. The Kier molecular flexibility index (Phi) is 5.77. The van der Waals surface area contributed by atoms with Crippen molar-refractivity contribution in [3.8, 4) is 17.6 Å². The third-order valence-corrected chi connectivity index (χ3v) is 5.61. The van der Waals surface area contributed by atoms with Crippen LogP contribution in [0.2, 0.25) is 5.02 Å². The minimum absolute atomic E-state index is 0.268. The molecule has 0 aliphatic carbocycles. The third-order valence-electron chi connectivity index (χ3n) is 5.32. The molecule has 1 heterocycles. The van der Waals surface area contributed by atoms with Crippen LogP contribution >= 0.6 is 11.6 Å². The number of carbonyl (C=O) groups is 2. The SMILES string of the molecule is CCc1ccc(Oc2ccc(C#N)cc2Cl)cc1C1C(=O)C(C)(C)OC(C)(C)C1=O. The normalized spacial score (nSPS) is 18.2. The summed E-state index contributed by atoms with van der Waals surface area (Å²) < 4.78 is 11.7. The number of ether oxygens (including phenoxy) is 2. The molecule has 1 fully saturated rings. The van der Waals surface area contributed by atoms with Gasteiger partial charge in [-0.2, -0.15) is 5.26 Å². The van der Waals surface area contributed by atoms with Gasteiger partial charge in [0.25, 0.3) is 0 Å². The van der Waals surface area contributed by atoms with E-state index in [1.165, 1.54) is 6.07 Å². The predicted molar refractivity (Wildman–Crippen MR) is 114 cm³/mol. The number of nitriles is 1. The Morgan fingerprint density at radius 2 is 1.70 bits per heavy atom. The van der Waals surface area contributed by atoms with Crippen LogP contribution in [0.15, 0.2) is 36.4 Å². The molecule has 0 atom stereocenters. The van der Waals surface area contributed by atoms with E-state index in [-0.39, 0.29) is 11.6 Å². The summed E-state index contributed by atoms with van der Waals surface area (Å²) in [5.74, 6) is -0.628. The summed E-state index contributed by atoms with van der Waals surface area (Å²) in [6.07, 6.45) is 0.659. The maximum Gasteiger partial charge on any atom is 0.179 e. The average Bonchev–Trinajstić information content (AvgIpc) is 2.68. The maximum atomic E-state index is 13.2. The Hall–Kier alpha value is -2.68. The van der Waals surface area contributed by atoms with E-state index in [9.17, 15) is 9.59 Å². The summed E-state index contributed by atoms with van der Waals surface area (Å²) in [6, 6.07) is 12.1. The molecule has 2 aromatic carbocycles. The molecule has 30 heavy (non-hydrogen) atoms. The Bertz CT molecular complexity index is 1040. The largest absolute Gasteiger partial charge is 0.456 e. The van der Waals surface area contributed by atoms with Gasteiger partial charge in [0.2, 0.25) is 0 Å². The Morgan fingerprint density at radius 3 is 2.23 bits per heavy atom. The number of benzene rings is 2. The fourth-order valence-corrected chi connectivity index (χ4v) is 4.06. The van der Waals surface area contributed by atoms with E-state index >= 15 is 0 Å². The van der Waals surface area contributed by atoms with Crippen molar-refractivity contribution < 1.29 is 19.1 Å². The summed E-state index contributed by atoms with van der Waals surface area (Å²) in [5, 5.41) is 9.29. The van der Waals surface area contributed by atoms with E-state index < -0.39 is 17.1 Å². The number of aryl methyl sites for hydroxylation is 1. The molecule has 0 N–H and O–H groups in total. The molecule has 1 saturated heterocycles. The molecule has 5 nitrogen and oxygen atoms in total. The first kappa shape index (κ1) is 22.0. The van der Waals surface area contributed by atoms with Gasteiger partial charge < -0.3 is 9.47 Å². The number of carbonyl (C=O) groups excluding carboxylic acids is 2. The highest BCUT2D eigenvalue weighted by molar-refractivity contribution is 6.32. The topological polar surface area (TPSA) is 76.4 Å². The predicted octanol–water partition coefficient (Wildman–Crippen LogP) is 5.38. The van der Waals surface area contributed by atoms with Crippen LogP contribution in [-0.4, -0.2) is 22.8 Å². The highest BCUT2D eigenvalue weighted by Crippen LogP contribution is 2.41. The molecular weight excluding hydrogens is 402 g/mol. The van der Waals surface area contributed by atoms with Crippen LogP contribution < -0.4 is 4.74 Å². The lowest BCUT2D eigenvalue weighted by Crippen LogP contribution is -2.58. The highest BCUT2D eigenvalue weighted by Gasteiger charge is 2.53. The molecule has 1 aliphatic rings. The van der Waals surface area contributed by atoms with E-state index in [4.69, 9.17) is 26.3 Å². The van der Waals surface area contributed by atoms with Crippen LogP contribution in [0.25, 0.3) is 0 Å². The molecule has 0 radical (unpaired) electrons. The zero-order valence-electron chi connectivity index (χ0n) is 17.7. The first-order valence-corrected chi connectivity index (χ1v) is 10.2. The summed E-state index contributed by atoms with van der Waals surface area (Å²) >= 11 is 6.23. The van der Waals surface area contributed by atoms with E-state index in [1.54, 1.807) is 52.0 Å². The van der Waals surface area contributed by atoms with E-state index in [2.05, 4.69) is 0 Å². The zero-order chi connectivity index (χ0) is 22.3. The van der Waals surface area contributed by atoms with Crippen molar-refractivity contribution in [3.05, 3.63) is 58.1 Å². The van der Waals surface area contributed by atoms with Crippen molar-refractivity contribution in [2.24, 2.45) is 0 Å². The lowest BCUT2D eigenvalue weighted by molar-refractivity contribution is -0.184. The van der Waals surface area contributed by atoms with Gasteiger partial charge in [0.15, 0.2) is 11.6 Å². The fraction of sp³-hybridized carbons (Fsp3) is 0.375. The molecule has 3 rings (SSSR count). The van der Waals surface area contributed by atoms with Crippen molar-refractivity contribution in [2.75, 3.05) is 0 Å². The Balaban J connectivity index is 2.06. The Morgan fingerprint density at radius 1 is 1.07 bits per heavy atom. The molecule has 0 saturated carbocycles. The van der Waals surface area contributed by atoms with Gasteiger partial charge in [-0.05, 0) is 75.6 Å². The van der Waals surface area contributed by atoms with Gasteiger partial charge in [-0.15, -0.1) is 0 Å². The summed E-state index contributed by atoms with van der Waals surface area (Å²) in [4.78, 5) is 26.3. The van der Waals surface area contributed by atoms with E-state index in [0.29, 0.717) is 34.1 Å². The third kappa shape index (κ3) is 3.98. The molecule has 0 bridgehead atoms. The second kappa shape index (κ2) is 7.86. The number of halogens is 1. The molecule has 2 aromatic rings. The molecule has 0 unspecified atom stereocenters. The van der Waals surface area contributed by atoms with Crippen molar-refractivity contribution in [1.29, 1.82) is 5.26 Å². The monoisotopic (exact) mass is 425 g/mol. The standard InChI is InChI=1S/C24H24ClNO4/c1-6-15-8-9-16(29-19-10-7-14(13-26)11-18(19)25)12-17(15)20-21(27)23(2,3)30-24(4,5)22(20)28/h7-12,20H,6H2,1-5H3. The first-order valence-electron chi connectivity index (χ1n) is 9.79. The van der Waals surface area contributed by atoms with Gasteiger partial charge >= 0.3 is 0 Å². The fourth-order valence-electron chi connectivity index (χ4n) is 3.84. The zero-order valence-corrected chi connectivity index (χ0v) is 18.5. The molecule has 0 amide bonds. The molecular formula is C24H24ClNO4. The van der Waals surface area contributed by atoms with E-state index in [0.717, 1.165) is 5.56 Å². The summed E-state index contributed by atoms with van der Waals surface area (Å²) in [6.45, 7) is 8.75. The van der Waals surface area contributed by atoms with Crippen LogP contribution in [-0.2, 0) is 20.7 Å². The molecule has 0 aromatic heterocycles. The quantitative estimate of drug-likeness (QED) is 0.615. The van der Waals surface area contributed by atoms with Gasteiger partial charge in [-0.1, -0.05) is 24.6 Å². The average molecular weight is 426 g/mol. The van der Waals surface area contributed by atoms with Gasteiger partial charge in [0.1, 0.15) is 28.6 Å². The number of Topliss-reactive ketones (excluding diaryl/α,β-unsaturated/α-hetero) is 2. The number of nitrogens with zero attached hydrogens (tertiary/aromatic N) is 1. The van der Waals surface area contributed by atoms with Crippen molar-refractivity contribution in [1.82, 2.24) is 0 Å². The van der Waals surface area contributed by atoms with Crippen LogP contribution in [0.3, 0.4) is 0 Å². The lowest BCUT2D eigenvalue weighted by atomic mass is 9.73. The number of rotatable bonds is 4. The first-order chi connectivity index (χ1) is 14.0.